The van der Waals surface area contributed by atoms with E-state index in [0.717, 1.165) is 25.7 Å². The van der Waals surface area contributed by atoms with Crippen molar-refractivity contribution in [1.82, 2.24) is 0 Å². The van der Waals surface area contributed by atoms with Gasteiger partial charge in [0.1, 0.15) is 0 Å². The molecule has 0 aromatic carbocycles. The van der Waals surface area contributed by atoms with Gasteiger partial charge in [-0.05, 0) is 37.5 Å². The number of rotatable bonds is 2. The Morgan fingerprint density at radius 3 is 2.54 bits per heavy atom. The first kappa shape index (κ1) is 9.00. The van der Waals surface area contributed by atoms with E-state index in [1.165, 1.54) is 0 Å². The minimum absolute atomic E-state index is 0.0925. The summed E-state index contributed by atoms with van der Waals surface area (Å²) >= 11 is 0. The van der Waals surface area contributed by atoms with Crippen LogP contribution in [-0.2, 0) is 9.53 Å². The summed E-state index contributed by atoms with van der Waals surface area (Å²) in [5, 5.41) is 8.98. The average Bonchev–Trinajstić information content (AvgIpc) is 2.61. The van der Waals surface area contributed by atoms with Crippen LogP contribution in [0.3, 0.4) is 0 Å². The lowest BCUT2D eigenvalue weighted by Crippen LogP contribution is -2.22. The smallest absolute Gasteiger partial charge is 0.306 e. The molecule has 0 amide bonds. The van der Waals surface area contributed by atoms with Gasteiger partial charge in [-0.2, -0.15) is 0 Å². The van der Waals surface area contributed by atoms with Crippen LogP contribution in [0.4, 0.5) is 0 Å². The van der Waals surface area contributed by atoms with E-state index in [1.807, 2.05) is 0 Å². The number of ether oxygens (including phenoxy) is 1. The number of fused-ring (bicyclic) bond motifs is 1. The van der Waals surface area contributed by atoms with Crippen LogP contribution in [0.5, 0.6) is 0 Å². The Bertz CT molecular complexity index is 214. The highest BCUT2D eigenvalue weighted by atomic mass is 16.5. The molecule has 2 rings (SSSR count). The third-order valence-corrected chi connectivity index (χ3v) is 3.76. The van der Waals surface area contributed by atoms with Crippen LogP contribution >= 0.6 is 0 Å². The quantitative estimate of drug-likeness (QED) is 0.707. The summed E-state index contributed by atoms with van der Waals surface area (Å²) in [4.78, 5) is 10.9. The van der Waals surface area contributed by atoms with E-state index in [-0.39, 0.29) is 5.92 Å². The van der Waals surface area contributed by atoms with Crippen molar-refractivity contribution >= 4 is 5.97 Å². The molecule has 1 N–H and O–H groups in total. The first-order chi connectivity index (χ1) is 6.24. The Kier molecular flexibility index (Phi) is 2.28. The molecule has 2 aliphatic carbocycles. The molecule has 13 heavy (non-hydrogen) atoms. The van der Waals surface area contributed by atoms with Crippen molar-refractivity contribution in [2.45, 2.75) is 31.8 Å². The molecule has 3 heteroatoms. The molecule has 2 saturated carbocycles. The summed E-state index contributed by atoms with van der Waals surface area (Å²) in [5.74, 6) is 0.211. The van der Waals surface area contributed by atoms with Crippen molar-refractivity contribution in [2.75, 3.05) is 7.11 Å². The number of hydrogen-bond donors (Lipinski definition) is 1. The zero-order chi connectivity index (χ0) is 9.42. The van der Waals surface area contributed by atoms with Gasteiger partial charge in [0.05, 0.1) is 12.0 Å². The Labute approximate surface area is 78.1 Å². The maximum atomic E-state index is 10.9. The molecule has 0 saturated heterocycles. The lowest BCUT2D eigenvalue weighted by atomic mass is 9.92. The van der Waals surface area contributed by atoms with Gasteiger partial charge in [-0.3, -0.25) is 4.79 Å². The SMILES string of the molecule is CO[C@H]1CC[C@H]2[C@@H]1CC[C@@H]2C(=O)O. The van der Waals surface area contributed by atoms with Crippen molar-refractivity contribution in [2.24, 2.45) is 17.8 Å². The summed E-state index contributed by atoms with van der Waals surface area (Å²) in [5.41, 5.74) is 0. The number of aliphatic carboxylic acids is 1. The molecule has 0 aliphatic heterocycles. The van der Waals surface area contributed by atoms with Crippen LogP contribution in [-0.4, -0.2) is 24.3 Å². The first-order valence-electron chi connectivity index (χ1n) is 4.99. The van der Waals surface area contributed by atoms with Crippen molar-refractivity contribution in [3.63, 3.8) is 0 Å². The number of hydrogen-bond acceptors (Lipinski definition) is 2. The van der Waals surface area contributed by atoms with Gasteiger partial charge in [0.15, 0.2) is 0 Å². The van der Waals surface area contributed by atoms with Gasteiger partial charge in [-0.15, -0.1) is 0 Å². The second-order valence-electron chi connectivity index (χ2n) is 4.20. The molecule has 0 bridgehead atoms. The fourth-order valence-corrected chi connectivity index (χ4v) is 3.15. The van der Waals surface area contributed by atoms with Crippen LogP contribution in [0.1, 0.15) is 25.7 Å². The zero-order valence-corrected chi connectivity index (χ0v) is 7.90. The molecule has 4 atom stereocenters. The molecular weight excluding hydrogens is 168 g/mol. The lowest BCUT2D eigenvalue weighted by molar-refractivity contribution is -0.143. The largest absolute Gasteiger partial charge is 0.481 e. The van der Waals surface area contributed by atoms with Gasteiger partial charge in [0, 0.05) is 7.11 Å². The predicted molar refractivity (Wildman–Crippen MR) is 47.4 cm³/mol. The second-order valence-corrected chi connectivity index (χ2v) is 4.20. The summed E-state index contributed by atoms with van der Waals surface area (Å²) in [7, 11) is 1.74. The van der Waals surface area contributed by atoms with E-state index in [0.29, 0.717) is 17.9 Å². The average molecular weight is 184 g/mol. The molecule has 74 valence electrons. The van der Waals surface area contributed by atoms with E-state index in [1.54, 1.807) is 7.11 Å². The van der Waals surface area contributed by atoms with Crippen LogP contribution in [0.2, 0.25) is 0 Å². The van der Waals surface area contributed by atoms with Gasteiger partial charge >= 0.3 is 5.97 Å². The molecule has 0 radical (unpaired) electrons. The van der Waals surface area contributed by atoms with Gasteiger partial charge in [0.2, 0.25) is 0 Å². The van der Waals surface area contributed by atoms with Gasteiger partial charge < -0.3 is 9.84 Å². The molecular formula is C10H16O3. The number of methoxy groups -OCH3 is 1. The Morgan fingerprint density at radius 2 is 1.92 bits per heavy atom. The summed E-state index contributed by atoms with van der Waals surface area (Å²) in [6, 6.07) is 0. The summed E-state index contributed by atoms with van der Waals surface area (Å²) < 4.78 is 5.36. The van der Waals surface area contributed by atoms with E-state index >= 15 is 0 Å². The van der Waals surface area contributed by atoms with E-state index in [9.17, 15) is 4.79 Å². The van der Waals surface area contributed by atoms with Crippen LogP contribution in [0, 0.1) is 17.8 Å². The Hall–Kier alpha value is -0.570. The first-order valence-corrected chi connectivity index (χ1v) is 4.99. The number of carboxylic acid groups (broad SMARTS) is 1. The van der Waals surface area contributed by atoms with Gasteiger partial charge in [0.25, 0.3) is 0 Å². The van der Waals surface area contributed by atoms with Crippen LogP contribution in [0.25, 0.3) is 0 Å². The number of carbonyl (C=O) groups is 1. The van der Waals surface area contributed by atoms with Crippen molar-refractivity contribution in [1.29, 1.82) is 0 Å². The van der Waals surface area contributed by atoms with Crippen molar-refractivity contribution in [3.8, 4) is 0 Å². The minimum Gasteiger partial charge on any atom is -0.481 e. The van der Waals surface area contributed by atoms with Gasteiger partial charge in [-0.25, -0.2) is 0 Å². The maximum Gasteiger partial charge on any atom is 0.306 e. The molecule has 0 heterocycles. The molecule has 2 fully saturated rings. The second kappa shape index (κ2) is 3.29. The molecule has 3 nitrogen and oxygen atoms in total. The number of carboxylic acids is 1. The normalized spacial score (nSPS) is 43.5. The summed E-state index contributed by atoms with van der Waals surface area (Å²) in [6.07, 6.45) is 4.31. The minimum atomic E-state index is -0.607. The zero-order valence-electron chi connectivity index (χ0n) is 7.90. The maximum absolute atomic E-state index is 10.9. The monoisotopic (exact) mass is 184 g/mol. The molecule has 0 unspecified atom stereocenters. The molecule has 2 aliphatic rings. The standard InChI is InChI=1S/C10H16O3/c1-13-9-5-4-6-7(9)2-3-8(6)10(11)12/h6-9H,2-5H2,1H3,(H,11,12)/t6-,7-,8-,9-/m0/s1. The predicted octanol–water partition coefficient (Wildman–Crippen LogP) is 1.52. The van der Waals surface area contributed by atoms with E-state index < -0.39 is 5.97 Å². The molecule has 0 spiro atoms. The van der Waals surface area contributed by atoms with Crippen LogP contribution < -0.4 is 0 Å². The highest BCUT2D eigenvalue weighted by Gasteiger charge is 2.47. The van der Waals surface area contributed by atoms with Crippen molar-refractivity contribution < 1.29 is 14.6 Å². The lowest BCUT2D eigenvalue weighted by Gasteiger charge is -2.17. The Morgan fingerprint density at radius 1 is 1.23 bits per heavy atom. The topological polar surface area (TPSA) is 46.5 Å². The van der Waals surface area contributed by atoms with E-state index in [2.05, 4.69) is 0 Å². The Balaban J connectivity index is 2.07. The summed E-state index contributed by atoms with van der Waals surface area (Å²) in [6.45, 7) is 0. The van der Waals surface area contributed by atoms with Gasteiger partial charge in [-0.1, -0.05) is 0 Å². The fraction of sp³-hybridized carbons (Fsp3) is 0.900. The van der Waals surface area contributed by atoms with Crippen LogP contribution in [0.15, 0.2) is 0 Å². The molecule has 0 aromatic rings. The highest BCUT2D eigenvalue weighted by molar-refractivity contribution is 5.70. The molecule has 0 aromatic heterocycles. The van der Waals surface area contributed by atoms with E-state index in [4.69, 9.17) is 9.84 Å². The third kappa shape index (κ3) is 1.35. The highest BCUT2D eigenvalue weighted by Crippen LogP contribution is 2.48. The fourth-order valence-electron chi connectivity index (χ4n) is 3.15. The third-order valence-electron chi connectivity index (χ3n) is 3.76. The van der Waals surface area contributed by atoms with Crippen molar-refractivity contribution in [3.05, 3.63) is 0 Å².